The number of hydrogen-bond donors (Lipinski definition) is 1. The molecule has 0 saturated heterocycles. The largest absolute Gasteiger partial charge is 0.372 e. The van der Waals surface area contributed by atoms with E-state index in [0.717, 1.165) is 5.56 Å². The fourth-order valence-corrected chi connectivity index (χ4v) is 2.21. The van der Waals surface area contributed by atoms with E-state index in [9.17, 15) is 16.7 Å². The van der Waals surface area contributed by atoms with Crippen LogP contribution in [-0.4, -0.2) is 14.0 Å². The fraction of sp³-hybridized carbons (Fsp3) is 0.400. The highest BCUT2D eigenvalue weighted by Crippen LogP contribution is 2.14. The smallest absolute Gasteiger partial charge is 0.207 e. The Balaban J connectivity index is 2.76. The maximum atomic E-state index is 12.6. The molecule has 0 atom stereocenters. The summed E-state index contributed by atoms with van der Waals surface area (Å²) in [6, 6.07) is 5.61. The lowest BCUT2D eigenvalue weighted by Crippen LogP contribution is -2.43. The quantitative estimate of drug-likeness (QED) is 0.829. The van der Waals surface area contributed by atoms with Gasteiger partial charge in [-0.2, -0.15) is 13.1 Å². The molecule has 0 aliphatic rings. The third-order valence-electron chi connectivity index (χ3n) is 1.96. The molecular formula is C10H13F2NO2S. The average Bonchev–Trinajstić information content (AvgIpc) is 2.04. The predicted octanol–water partition coefficient (Wildman–Crippen LogP) is 1.95. The molecule has 0 saturated carbocycles. The van der Waals surface area contributed by atoms with Crippen molar-refractivity contribution in [3.63, 3.8) is 0 Å². The van der Waals surface area contributed by atoms with Crippen LogP contribution in [0.5, 0.6) is 0 Å². The Kier molecular flexibility index (Phi) is 3.64. The fourth-order valence-electron chi connectivity index (χ4n) is 1.48. The molecule has 1 aromatic rings. The number of nitrogens with one attached hydrogen (secondary N) is 1. The molecule has 1 aromatic carbocycles. The van der Waals surface area contributed by atoms with Crippen LogP contribution in [0.4, 0.5) is 8.28 Å². The second-order valence-corrected chi connectivity index (χ2v) is 5.31. The summed E-state index contributed by atoms with van der Waals surface area (Å²) in [6.45, 7) is 3.10. The van der Waals surface area contributed by atoms with Gasteiger partial charge in [-0.3, -0.25) is 0 Å². The van der Waals surface area contributed by atoms with Crippen LogP contribution >= 0.6 is 0 Å². The number of hydrogen-bond acceptors (Lipinski definition) is 2. The molecule has 0 bridgehead atoms. The molecule has 90 valence electrons. The Labute approximate surface area is 93.8 Å². The van der Waals surface area contributed by atoms with Gasteiger partial charge < -0.3 is 0 Å². The molecular weight excluding hydrogens is 236 g/mol. The van der Waals surface area contributed by atoms with E-state index in [0.29, 0.717) is 0 Å². The highest BCUT2D eigenvalue weighted by molar-refractivity contribution is 7.84. The van der Waals surface area contributed by atoms with Crippen LogP contribution in [0.3, 0.4) is 0 Å². The van der Waals surface area contributed by atoms with Gasteiger partial charge in [0.05, 0.1) is 0 Å². The zero-order chi connectivity index (χ0) is 12.4. The van der Waals surface area contributed by atoms with E-state index in [2.05, 4.69) is 0 Å². The first-order valence-electron chi connectivity index (χ1n) is 4.66. The van der Waals surface area contributed by atoms with Crippen molar-refractivity contribution in [1.82, 2.24) is 4.72 Å². The van der Waals surface area contributed by atoms with Crippen molar-refractivity contribution in [1.29, 1.82) is 0 Å². The van der Waals surface area contributed by atoms with Crippen LogP contribution in [0, 0.1) is 5.82 Å². The van der Waals surface area contributed by atoms with E-state index in [1.165, 1.54) is 24.3 Å². The SMILES string of the molecule is CC(C)(Cc1ccc(F)cc1)NS(=O)(=O)F. The van der Waals surface area contributed by atoms with E-state index < -0.39 is 15.9 Å². The van der Waals surface area contributed by atoms with Gasteiger partial charge in [-0.15, -0.1) is 0 Å². The van der Waals surface area contributed by atoms with Crippen molar-refractivity contribution in [2.24, 2.45) is 0 Å². The molecule has 1 rings (SSSR count). The summed E-state index contributed by atoms with van der Waals surface area (Å²) in [6.07, 6.45) is 0.274. The first kappa shape index (κ1) is 13.1. The molecule has 6 heteroatoms. The minimum atomic E-state index is -4.73. The Hall–Kier alpha value is -1.01. The lowest BCUT2D eigenvalue weighted by atomic mass is 9.96. The van der Waals surface area contributed by atoms with Gasteiger partial charge in [0.15, 0.2) is 0 Å². The molecule has 0 unspecified atom stereocenters. The molecule has 0 fully saturated rings. The topological polar surface area (TPSA) is 46.2 Å². The molecule has 0 heterocycles. The van der Waals surface area contributed by atoms with Crippen molar-refractivity contribution in [2.45, 2.75) is 25.8 Å². The van der Waals surface area contributed by atoms with Crippen LogP contribution in [0.15, 0.2) is 24.3 Å². The summed E-state index contributed by atoms with van der Waals surface area (Å²) in [5.41, 5.74) is -0.228. The Morgan fingerprint density at radius 1 is 1.25 bits per heavy atom. The lowest BCUT2D eigenvalue weighted by molar-refractivity contribution is 0.432. The third kappa shape index (κ3) is 4.67. The summed E-state index contributed by atoms with van der Waals surface area (Å²) in [5.74, 6) is -0.368. The van der Waals surface area contributed by atoms with Gasteiger partial charge in [-0.05, 0) is 38.0 Å². The van der Waals surface area contributed by atoms with E-state index in [4.69, 9.17) is 0 Å². The Bertz CT molecular complexity index is 454. The summed E-state index contributed by atoms with van der Waals surface area (Å²) >= 11 is 0. The first-order chi connectivity index (χ1) is 7.18. The summed E-state index contributed by atoms with van der Waals surface area (Å²) in [4.78, 5) is 0. The van der Waals surface area contributed by atoms with E-state index in [1.54, 1.807) is 13.8 Å². The van der Waals surface area contributed by atoms with Crippen LogP contribution in [0.1, 0.15) is 19.4 Å². The number of rotatable bonds is 4. The van der Waals surface area contributed by atoms with Crippen LogP contribution in [0.25, 0.3) is 0 Å². The highest BCUT2D eigenvalue weighted by Gasteiger charge is 2.24. The van der Waals surface area contributed by atoms with Gasteiger partial charge in [0.2, 0.25) is 0 Å². The van der Waals surface area contributed by atoms with Crippen molar-refractivity contribution in [3.05, 3.63) is 35.6 Å². The van der Waals surface area contributed by atoms with Crippen molar-refractivity contribution in [3.8, 4) is 0 Å². The molecule has 0 amide bonds. The van der Waals surface area contributed by atoms with E-state index in [-0.39, 0.29) is 12.2 Å². The van der Waals surface area contributed by atoms with Crippen LogP contribution in [-0.2, 0) is 16.8 Å². The van der Waals surface area contributed by atoms with Crippen molar-refractivity contribution in [2.75, 3.05) is 0 Å². The molecule has 0 aliphatic heterocycles. The van der Waals surface area contributed by atoms with Gasteiger partial charge in [-0.1, -0.05) is 16.0 Å². The van der Waals surface area contributed by atoms with Crippen molar-refractivity contribution >= 4 is 10.4 Å². The maximum Gasteiger partial charge on any atom is 0.372 e. The molecule has 0 radical (unpaired) electrons. The second kappa shape index (κ2) is 4.47. The third-order valence-corrected chi connectivity index (χ3v) is 2.75. The predicted molar refractivity (Wildman–Crippen MR) is 57.3 cm³/mol. The van der Waals surface area contributed by atoms with E-state index >= 15 is 0 Å². The minimum Gasteiger partial charge on any atom is -0.207 e. The monoisotopic (exact) mass is 249 g/mol. The second-order valence-electron chi connectivity index (χ2n) is 4.23. The molecule has 0 aliphatic carbocycles. The molecule has 16 heavy (non-hydrogen) atoms. The van der Waals surface area contributed by atoms with Crippen LogP contribution in [0.2, 0.25) is 0 Å². The number of benzene rings is 1. The molecule has 0 spiro atoms. The molecule has 1 N–H and O–H groups in total. The molecule has 3 nitrogen and oxygen atoms in total. The van der Waals surface area contributed by atoms with Gasteiger partial charge in [-0.25, -0.2) is 4.39 Å². The first-order valence-corrected chi connectivity index (χ1v) is 6.04. The van der Waals surface area contributed by atoms with Crippen molar-refractivity contribution < 1.29 is 16.7 Å². The van der Waals surface area contributed by atoms with Gasteiger partial charge in [0.1, 0.15) is 5.82 Å². The summed E-state index contributed by atoms with van der Waals surface area (Å²) in [7, 11) is -4.73. The van der Waals surface area contributed by atoms with Gasteiger partial charge in [0.25, 0.3) is 0 Å². The van der Waals surface area contributed by atoms with Gasteiger partial charge >= 0.3 is 10.4 Å². The zero-order valence-electron chi connectivity index (χ0n) is 9.00. The Morgan fingerprint density at radius 2 is 1.75 bits per heavy atom. The Morgan fingerprint density at radius 3 is 2.19 bits per heavy atom. The molecule has 0 aromatic heterocycles. The zero-order valence-corrected chi connectivity index (χ0v) is 9.81. The summed E-state index contributed by atoms with van der Waals surface area (Å²) in [5, 5.41) is 0. The minimum absolute atomic E-state index is 0.274. The number of halogens is 2. The maximum absolute atomic E-state index is 12.6. The summed E-state index contributed by atoms with van der Waals surface area (Å²) < 4.78 is 47.8. The average molecular weight is 249 g/mol. The highest BCUT2D eigenvalue weighted by atomic mass is 32.3. The normalized spacial score (nSPS) is 12.8. The van der Waals surface area contributed by atoms with E-state index in [1.807, 2.05) is 4.72 Å². The standard InChI is InChI=1S/C10H13F2NO2S/c1-10(2,13-16(12,14)15)7-8-3-5-9(11)6-4-8/h3-6,13H,7H2,1-2H3. The van der Waals surface area contributed by atoms with Crippen LogP contribution < -0.4 is 4.72 Å². The van der Waals surface area contributed by atoms with Gasteiger partial charge in [0, 0.05) is 5.54 Å². The lowest BCUT2D eigenvalue weighted by Gasteiger charge is -2.23.